The van der Waals surface area contributed by atoms with Crippen molar-refractivity contribution in [3.05, 3.63) is 21.8 Å². The Hall–Kier alpha value is -1.05. The van der Waals surface area contributed by atoms with Gasteiger partial charge in [-0.25, -0.2) is 13.4 Å². The zero-order valence-electron chi connectivity index (χ0n) is 11.4. The fraction of sp³-hybridized carbons (Fsp3) is 0.455. The first-order chi connectivity index (χ1) is 9.06. The van der Waals surface area contributed by atoms with E-state index in [0.29, 0.717) is 10.7 Å². The number of anilines is 1. The van der Waals surface area contributed by atoms with Crippen LogP contribution in [0.1, 0.15) is 12.6 Å². The first kappa shape index (κ1) is 17.0. The van der Waals surface area contributed by atoms with Gasteiger partial charge in [0, 0.05) is 14.1 Å². The van der Waals surface area contributed by atoms with Crippen LogP contribution in [0, 0.1) is 6.92 Å². The minimum absolute atomic E-state index is 0.0491. The van der Waals surface area contributed by atoms with Crippen molar-refractivity contribution in [3.8, 4) is 0 Å². The summed E-state index contributed by atoms with van der Waals surface area (Å²) in [5, 5.41) is -0.865. The van der Waals surface area contributed by atoms with Gasteiger partial charge in [-0.15, -0.1) is 0 Å². The normalized spacial score (nSPS) is 12.9. The summed E-state index contributed by atoms with van der Waals surface area (Å²) in [6, 6.07) is 1.39. The number of amides is 1. The molecule has 1 heterocycles. The smallest absolute Gasteiger partial charge is 0.245 e. The van der Waals surface area contributed by atoms with Gasteiger partial charge in [0.1, 0.15) is 0 Å². The maximum absolute atomic E-state index is 12.1. The Balaban J connectivity index is 3.09. The van der Waals surface area contributed by atoms with Gasteiger partial charge >= 0.3 is 0 Å². The zero-order valence-corrected chi connectivity index (χ0v) is 13.8. The molecule has 1 aromatic rings. The number of hydrogen-bond acceptors (Lipinski definition) is 4. The van der Waals surface area contributed by atoms with E-state index in [9.17, 15) is 13.2 Å². The van der Waals surface area contributed by atoms with Crippen LogP contribution >= 0.6 is 23.2 Å². The SMILES string of the molecule is Cc1nc(NS(=O)(=O)[C@@H](C)C(=O)N(C)C)c(Cl)cc1Cl. The molecule has 0 aromatic carbocycles. The number of carbonyl (C=O) groups excluding carboxylic acids is 1. The molecule has 1 N–H and O–H groups in total. The van der Waals surface area contributed by atoms with Crippen molar-refractivity contribution in [2.75, 3.05) is 18.8 Å². The third-order valence-electron chi connectivity index (χ3n) is 2.60. The van der Waals surface area contributed by atoms with Crippen molar-refractivity contribution in [1.29, 1.82) is 0 Å². The molecular weight excluding hydrogens is 325 g/mol. The van der Waals surface area contributed by atoms with Crippen molar-refractivity contribution in [2.24, 2.45) is 0 Å². The van der Waals surface area contributed by atoms with Gasteiger partial charge in [0.15, 0.2) is 11.1 Å². The minimum atomic E-state index is -3.94. The number of nitrogens with one attached hydrogen (secondary N) is 1. The highest BCUT2D eigenvalue weighted by Gasteiger charge is 2.30. The highest BCUT2D eigenvalue weighted by molar-refractivity contribution is 7.94. The molecule has 0 aliphatic rings. The van der Waals surface area contributed by atoms with Crippen molar-refractivity contribution in [2.45, 2.75) is 19.1 Å². The third kappa shape index (κ3) is 3.74. The minimum Gasteiger partial charge on any atom is -0.348 e. The molecule has 0 saturated heterocycles. The Labute approximate surface area is 128 Å². The van der Waals surface area contributed by atoms with Crippen molar-refractivity contribution >= 4 is 45.0 Å². The first-order valence-electron chi connectivity index (χ1n) is 5.61. The van der Waals surface area contributed by atoms with Gasteiger partial charge < -0.3 is 4.90 Å². The molecule has 1 aromatic heterocycles. The molecule has 20 heavy (non-hydrogen) atoms. The lowest BCUT2D eigenvalue weighted by molar-refractivity contribution is -0.127. The van der Waals surface area contributed by atoms with Gasteiger partial charge in [-0.3, -0.25) is 9.52 Å². The predicted molar refractivity (Wildman–Crippen MR) is 79.7 cm³/mol. The largest absolute Gasteiger partial charge is 0.348 e. The van der Waals surface area contributed by atoms with Gasteiger partial charge in [-0.1, -0.05) is 23.2 Å². The van der Waals surface area contributed by atoms with Crippen molar-refractivity contribution in [3.63, 3.8) is 0 Å². The van der Waals surface area contributed by atoms with Gasteiger partial charge in [-0.05, 0) is 19.9 Å². The number of aromatic nitrogens is 1. The van der Waals surface area contributed by atoms with Crippen LogP contribution in [-0.4, -0.2) is 43.6 Å². The molecular formula is C11H15Cl2N3O3S. The molecule has 0 unspecified atom stereocenters. The average Bonchev–Trinajstić information content (AvgIpc) is 2.33. The highest BCUT2D eigenvalue weighted by Crippen LogP contribution is 2.26. The number of sulfonamides is 1. The summed E-state index contributed by atoms with van der Waals surface area (Å²) >= 11 is 11.7. The Kier molecular flexibility index (Phi) is 5.23. The third-order valence-corrected chi connectivity index (χ3v) is 4.88. The molecule has 1 atom stereocenters. The molecule has 1 amide bonds. The number of aryl methyl sites for hydroxylation is 1. The maximum atomic E-state index is 12.1. The van der Waals surface area contributed by atoms with Crippen LogP contribution in [0.5, 0.6) is 0 Å². The summed E-state index contributed by atoms with van der Waals surface area (Å²) < 4.78 is 26.4. The summed E-state index contributed by atoms with van der Waals surface area (Å²) in [7, 11) is -0.985. The van der Waals surface area contributed by atoms with E-state index in [1.165, 1.54) is 32.0 Å². The summed E-state index contributed by atoms with van der Waals surface area (Å²) in [6.07, 6.45) is 0. The van der Waals surface area contributed by atoms with Crippen LogP contribution in [0.4, 0.5) is 5.82 Å². The van der Waals surface area contributed by atoms with Crippen molar-refractivity contribution in [1.82, 2.24) is 9.88 Å². The molecule has 0 fully saturated rings. The molecule has 0 saturated carbocycles. The first-order valence-corrected chi connectivity index (χ1v) is 7.92. The van der Waals surface area contributed by atoms with Crippen LogP contribution in [0.15, 0.2) is 6.07 Å². The van der Waals surface area contributed by atoms with Gasteiger partial charge in [0.25, 0.3) is 0 Å². The number of carbonyl (C=O) groups is 1. The Morgan fingerprint density at radius 3 is 2.40 bits per heavy atom. The summed E-state index contributed by atoms with van der Waals surface area (Å²) in [5.74, 6) is -0.591. The second-order valence-corrected chi connectivity index (χ2v) is 7.22. The zero-order chi connectivity index (χ0) is 15.7. The summed E-state index contributed by atoms with van der Waals surface area (Å²) in [4.78, 5) is 16.9. The highest BCUT2D eigenvalue weighted by atomic mass is 35.5. The Bertz CT molecular complexity index is 632. The fourth-order valence-corrected chi connectivity index (χ4v) is 2.89. The summed E-state index contributed by atoms with van der Waals surface area (Å²) in [6.45, 7) is 2.91. The number of hydrogen-bond donors (Lipinski definition) is 1. The van der Waals surface area contributed by atoms with E-state index in [0.717, 1.165) is 0 Å². The Morgan fingerprint density at radius 1 is 1.35 bits per heavy atom. The topological polar surface area (TPSA) is 79.4 Å². The lowest BCUT2D eigenvalue weighted by atomic mass is 10.4. The monoisotopic (exact) mass is 339 g/mol. The number of pyridine rings is 1. The average molecular weight is 340 g/mol. The van der Waals surface area contributed by atoms with Gasteiger partial charge in [0.05, 0.1) is 15.7 Å². The number of halogens is 2. The van der Waals surface area contributed by atoms with E-state index in [-0.39, 0.29) is 10.8 Å². The van der Waals surface area contributed by atoms with E-state index in [4.69, 9.17) is 23.2 Å². The standard InChI is InChI=1S/C11H15Cl2N3O3S/c1-6-8(12)5-9(13)10(14-6)15-20(18,19)7(2)11(17)16(3)4/h5,7H,1-4H3,(H,14,15)/t7-/m0/s1. The number of nitrogens with zero attached hydrogens (tertiary/aromatic N) is 2. The van der Waals surface area contributed by atoms with Crippen molar-refractivity contribution < 1.29 is 13.2 Å². The molecule has 9 heteroatoms. The predicted octanol–water partition coefficient (Wildman–Crippen LogP) is 1.92. The van der Waals surface area contributed by atoms with Crippen LogP contribution in [0.2, 0.25) is 10.0 Å². The van der Waals surface area contributed by atoms with E-state index >= 15 is 0 Å². The van der Waals surface area contributed by atoms with Crippen LogP contribution in [0.3, 0.4) is 0 Å². The molecule has 0 spiro atoms. The quantitative estimate of drug-likeness (QED) is 0.908. The van der Waals surface area contributed by atoms with Crippen LogP contribution in [-0.2, 0) is 14.8 Å². The molecule has 6 nitrogen and oxygen atoms in total. The molecule has 112 valence electrons. The molecule has 0 aliphatic carbocycles. The van der Waals surface area contributed by atoms with E-state index in [1.807, 2.05) is 0 Å². The maximum Gasteiger partial charge on any atom is 0.245 e. The lowest BCUT2D eigenvalue weighted by Gasteiger charge is -2.18. The second kappa shape index (κ2) is 6.15. The van der Waals surface area contributed by atoms with E-state index < -0.39 is 21.2 Å². The lowest BCUT2D eigenvalue weighted by Crippen LogP contribution is -2.40. The van der Waals surface area contributed by atoms with Gasteiger partial charge in [0.2, 0.25) is 15.9 Å². The molecule has 1 rings (SSSR count). The molecule has 0 bridgehead atoms. The van der Waals surface area contributed by atoms with Crippen LogP contribution in [0.25, 0.3) is 0 Å². The second-order valence-electron chi connectivity index (χ2n) is 4.41. The van der Waals surface area contributed by atoms with E-state index in [1.54, 1.807) is 6.92 Å². The van der Waals surface area contributed by atoms with E-state index in [2.05, 4.69) is 9.71 Å². The summed E-state index contributed by atoms with van der Waals surface area (Å²) in [5.41, 5.74) is 0.431. The fourth-order valence-electron chi connectivity index (χ4n) is 1.35. The number of rotatable bonds is 4. The van der Waals surface area contributed by atoms with Gasteiger partial charge in [-0.2, -0.15) is 0 Å². The molecule has 0 aliphatic heterocycles. The molecule has 0 radical (unpaired) electrons. The van der Waals surface area contributed by atoms with Crippen LogP contribution < -0.4 is 4.72 Å². The Morgan fingerprint density at radius 2 is 1.90 bits per heavy atom.